The Bertz CT molecular complexity index is 1120. The number of rotatable bonds is 6. The topological polar surface area (TPSA) is 69.7 Å². The van der Waals surface area contributed by atoms with Crippen LogP contribution in [0.2, 0.25) is 0 Å². The van der Waals surface area contributed by atoms with Crippen molar-refractivity contribution in [3.63, 3.8) is 0 Å². The smallest absolute Gasteiger partial charge is 0.243 e. The largest absolute Gasteiger partial charge is 0.385 e. The number of hydrogen-bond donors (Lipinski definition) is 1. The first kappa shape index (κ1) is 22.4. The van der Waals surface area contributed by atoms with Gasteiger partial charge < -0.3 is 10.2 Å². The van der Waals surface area contributed by atoms with E-state index in [4.69, 9.17) is 0 Å². The molecule has 0 bridgehead atoms. The van der Waals surface area contributed by atoms with Gasteiger partial charge in [0.15, 0.2) is 0 Å². The minimum absolute atomic E-state index is 0.00368. The predicted octanol–water partition coefficient (Wildman–Crippen LogP) is 4.09. The van der Waals surface area contributed by atoms with Gasteiger partial charge in [-0.15, -0.1) is 0 Å². The molecule has 1 N–H and O–H groups in total. The third-order valence-corrected chi connectivity index (χ3v) is 9.34. The molecule has 176 valence electrons. The van der Waals surface area contributed by atoms with Crippen LogP contribution in [0.5, 0.6) is 0 Å². The van der Waals surface area contributed by atoms with Crippen molar-refractivity contribution in [2.45, 2.75) is 43.9 Å². The molecule has 2 heterocycles. The van der Waals surface area contributed by atoms with E-state index in [0.29, 0.717) is 42.2 Å². The van der Waals surface area contributed by atoms with Crippen LogP contribution in [0.25, 0.3) is 0 Å². The summed E-state index contributed by atoms with van der Waals surface area (Å²) >= 11 is 0. The molecule has 1 aliphatic carbocycles. The van der Waals surface area contributed by atoms with E-state index < -0.39 is 10.0 Å². The molecule has 0 radical (unpaired) electrons. The zero-order chi connectivity index (χ0) is 23.4. The molecule has 2 saturated heterocycles. The summed E-state index contributed by atoms with van der Waals surface area (Å²) in [5, 5.41) is 3.50. The van der Waals surface area contributed by atoms with Gasteiger partial charge in [0.25, 0.3) is 0 Å². The molecule has 2 atom stereocenters. The molecule has 5 rings (SSSR count). The second-order valence-corrected chi connectivity index (χ2v) is 12.6. The molecule has 7 heteroatoms. The molecule has 0 spiro atoms. The number of carbonyl (C=O) groups is 1. The molecular formula is C26H33N3O3S. The number of piperidine rings is 1. The van der Waals surface area contributed by atoms with Crippen molar-refractivity contribution < 1.29 is 13.2 Å². The maximum absolute atomic E-state index is 13.1. The lowest BCUT2D eigenvalue weighted by molar-refractivity contribution is -0.117. The van der Waals surface area contributed by atoms with Crippen molar-refractivity contribution in [1.82, 2.24) is 4.31 Å². The van der Waals surface area contributed by atoms with E-state index in [9.17, 15) is 13.2 Å². The lowest BCUT2D eigenvalue weighted by atomic mass is 9.87. The van der Waals surface area contributed by atoms with Gasteiger partial charge in [-0.2, -0.15) is 4.31 Å². The second-order valence-electron chi connectivity index (χ2n) is 10.7. The first-order valence-electron chi connectivity index (χ1n) is 11.9. The fourth-order valence-electron chi connectivity index (χ4n) is 5.30. The Morgan fingerprint density at radius 2 is 1.61 bits per heavy atom. The summed E-state index contributed by atoms with van der Waals surface area (Å²) in [6.07, 6.45) is 1.57. The quantitative estimate of drug-likeness (QED) is 0.695. The van der Waals surface area contributed by atoms with E-state index in [-0.39, 0.29) is 11.3 Å². The van der Waals surface area contributed by atoms with Crippen molar-refractivity contribution in [3.05, 3.63) is 54.1 Å². The molecule has 0 aromatic heterocycles. The Balaban J connectivity index is 1.14. The Morgan fingerprint density at radius 3 is 2.15 bits per heavy atom. The Labute approximate surface area is 197 Å². The van der Waals surface area contributed by atoms with Gasteiger partial charge in [-0.05, 0) is 71.6 Å². The summed E-state index contributed by atoms with van der Waals surface area (Å²) in [6, 6.07) is 15.4. The molecule has 33 heavy (non-hydrogen) atoms. The molecule has 2 unspecified atom stereocenters. The van der Waals surface area contributed by atoms with Gasteiger partial charge in [-0.25, -0.2) is 8.42 Å². The van der Waals surface area contributed by atoms with Gasteiger partial charge in [-0.1, -0.05) is 32.9 Å². The van der Waals surface area contributed by atoms with E-state index in [2.05, 4.69) is 26.1 Å². The summed E-state index contributed by atoms with van der Waals surface area (Å²) in [6.45, 7) is 9.25. The molecule has 2 aliphatic heterocycles. The minimum Gasteiger partial charge on any atom is -0.385 e. The van der Waals surface area contributed by atoms with Crippen LogP contribution in [0.1, 0.15) is 39.2 Å². The van der Waals surface area contributed by atoms with E-state index in [1.54, 1.807) is 16.4 Å². The Hall–Kier alpha value is -2.38. The highest BCUT2D eigenvalue weighted by Crippen LogP contribution is 2.52. The number of hydrogen-bond acceptors (Lipinski definition) is 4. The van der Waals surface area contributed by atoms with Gasteiger partial charge in [-0.3, -0.25) is 4.79 Å². The number of carbonyl (C=O) groups excluding carboxylic acids is 1. The van der Waals surface area contributed by atoms with E-state index in [0.717, 1.165) is 36.4 Å². The zero-order valence-corrected chi connectivity index (χ0v) is 20.4. The number of nitrogens with zero attached hydrogens (tertiary/aromatic N) is 2. The van der Waals surface area contributed by atoms with Crippen LogP contribution in [0, 0.1) is 17.8 Å². The first-order chi connectivity index (χ1) is 15.6. The summed E-state index contributed by atoms with van der Waals surface area (Å²) < 4.78 is 27.8. The monoisotopic (exact) mass is 467 g/mol. The standard InChI is InChI=1S/C26H33N3O3S/c1-26(2,3)18-6-12-21(13-7-18)33(31,32)28-16-23-22(24(23)17-28)15-27-19-8-10-20(11-9-19)29-14-4-5-25(29)30/h6-13,22-24,27H,4-5,14-17H2,1-3H3. The summed E-state index contributed by atoms with van der Waals surface area (Å²) in [5.74, 6) is 1.58. The SMILES string of the molecule is CC(C)(C)c1ccc(S(=O)(=O)N2CC3C(CNc4ccc(N5CCCC5=O)cc4)C3C2)cc1. The van der Waals surface area contributed by atoms with E-state index in [1.807, 2.05) is 41.3 Å². The first-order valence-corrected chi connectivity index (χ1v) is 13.3. The molecule has 6 nitrogen and oxygen atoms in total. The van der Waals surface area contributed by atoms with Crippen molar-refractivity contribution in [2.24, 2.45) is 17.8 Å². The average Bonchev–Trinajstić information content (AvgIpc) is 3.10. The summed E-state index contributed by atoms with van der Waals surface area (Å²) in [7, 11) is -3.43. The predicted molar refractivity (Wildman–Crippen MR) is 131 cm³/mol. The van der Waals surface area contributed by atoms with Crippen molar-refractivity contribution >= 4 is 27.3 Å². The molecular weight excluding hydrogens is 434 g/mol. The average molecular weight is 468 g/mol. The van der Waals surface area contributed by atoms with Crippen LogP contribution in [0.4, 0.5) is 11.4 Å². The van der Waals surface area contributed by atoms with Gasteiger partial charge in [0.05, 0.1) is 4.90 Å². The molecule has 1 amide bonds. The second kappa shape index (κ2) is 8.13. The van der Waals surface area contributed by atoms with Crippen LogP contribution in [0.15, 0.2) is 53.4 Å². The number of benzene rings is 2. The number of amides is 1. The Kier molecular flexibility index (Phi) is 5.52. The fourth-order valence-corrected chi connectivity index (χ4v) is 6.82. The van der Waals surface area contributed by atoms with Gasteiger partial charge >= 0.3 is 0 Å². The zero-order valence-electron chi connectivity index (χ0n) is 19.6. The van der Waals surface area contributed by atoms with Crippen LogP contribution >= 0.6 is 0 Å². The Morgan fingerprint density at radius 1 is 0.970 bits per heavy atom. The highest BCUT2D eigenvalue weighted by Gasteiger charge is 2.57. The highest BCUT2D eigenvalue weighted by atomic mass is 32.2. The van der Waals surface area contributed by atoms with Crippen LogP contribution in [0.3, 0.4) is 0 Å². The molecule has 2 aromatic rings. The van der Waals surface area contributed by atoms with Crippen LogP contribution in [-0.2, 0) is 20.2 Å². The molecule has 1 saturated carbocycles. The van der Waals surface area contributed by atoms with E-state index in [1.165, 1.54) is 0 Å². The van der Waals surface area contributed by atoms with Gasteiger partial charge in [0, 0.05) is 44.0 Å². The molecule has 3 aliphatic rings. The van der Waals surface area contributed by atoms with Crippen LogP contribution < -0.4 is 10.2 Å². The molecule has 2 aromatic carbocycles. The van der Waals surface area contributed by atoms with Gasteiger partial charge in [0.1, 0.15) is 0 Å². The number of sulfonamides is 1. The minimum atomic E-state index is -3.43. The van der Waals surface area contributed by atoms with Crippen LogP contribution in [-0.4, -0.2) is 44.8 Å². The van der Waals surface area contributed by atoms with Gasteiger partial charge in [0.2, 0.25) is 15.9 Å². The maximum Gasteiger partial charge on any atom is 0.243 e. The van der Waals surface area contributed by atoms with Crippen molar-refractivity contribution in [1.29, 1.82) is 0 Å². The maximum atomic E-state index is 13.1. The normalized spacial score (nSPS) is 25.4. The van der Waals surface area contributed by atoms with E-state index >= 15 is 0 Å². The molecule has 3 fully saturated rings. The lowest BCUT2D eigenvalue weighted by Crippen LogP contribution is -2.32. The number of nitrogens with one attached hydrogen (secondary N) is 1. The highest BCUT2D eigenvalue weighted by molar-refractivity contribution is 7.89. The number of anilines is 2. The summed E-state index contributed by atoms with van der Waals surface area (Å²) in [5.41, 5.74) is 3.14. The lowest BCUT2D eigenvalue weighted by Gasteiger charge is -2.22. The fraction of sp³-hybridized carbons (Fsp3) is 0.500. The summed E-state index contributed by atoms with van der Waals surface area (Å²) in [4.78, 5) is 14.1. The number of fused-ring (bicyclic) bond motifs is 1. The van der Waals surface area contributed by atoms with Crippen molar-refractivity contribution in [3.8, 4) is 0 Å². The third-order valence-electron chi connectivity index (χ3n) is 7.49. The van der Waals surface area contributed by atoms with Crippen molar-refractivity contribution in [2.75, 3.05) is 36.4 Å². The third kappa shape index (κ3) is 4.28.